The van der Waals surface area contributed by atoms with Crippen molar-refractivity contribution in [3.63, 3.8) is 0 Å². The number of halogens is 1. The zero-order chi connectivity index (χ0) is 25.4. The number of fused-ring (bicyclic) bond motifs is 1. The van der Waals surface area contributed by atoms with E-state index in [0.717, 1.165) is 40.4 Å². The highest BCUT2D eigenvalue weighted by molar-refractivity contribution is 7.98. The number of nitrogens with one attached hydrogen (secondary N) is 1. The smallest absolute Gasteiger partial charge is 0.295 e. The van der Waals surface area contributed by atoms with E-state index in [2.05, 4.69) is 25.3 Å². The lowest BCUT2D eigenvalue weighted by Gasteiger charge is -2.18. The van der Waals surface area contributed by atoms with Crippen molar-refractivity contribution < 1.29 is 4.39 Å². The summed E-state index contributed by atoms with van der Waals surface area (Å²) in [4.78, 5) is 41.8. The Morgan fingerprint density at radius 2 is 1.94 bits per heavy atom. The second-order valence-electron chi connectivity index (χ2n) is 8.98. The van der Waals surface area contributed by atoms with E-state index in [4.69, 9.17) is 9.97 Å². The molecule has 1 aliphatic rings. The molecule has 1 N–H and O–H groups in total. The zero-order valence-electron chi connectivity index (χ0n) is 20.6. The molecule has 4 heterocycles. The molecule has 1 saturated carbocycles. The molecule has 1 fully saturated rings. The lowest BCUT2D eigenvalue weighted by molar-refractivity contribution is 0.376. The average molecular weight is 507 g/mol. The highest BCUT2D eigenvalue weighted by atomic mass is 32.2. The number of pyridine rings is 1. The molecule has 0 unspecified atom stereocenters. The van der Waals surface area contributed by atoms with Crippen LogP contribution in [0.3, 0.4) is 0 Å². The van der Waals surface area contributed by atoms with Crippen LogP contribution in [0.25, 0.3) is 22.6 Å². The number of anilines is 1. The Labute approximate surface area is 212 Å². The number of hydrogen-bond donors (Lipinski definition) is 1. The number of alkyl halides is 1. The van der Waals surface area contributed by atoms with Gasteiger partial charge in [-0.3, -0.25) is 14.3 Å². The van der Waals surface area contributed by atoms with Crippen LogP contribution in [0.2, 0.25) is 0 Å². The maximum absolute atomic E-state index is 13.9. The van der Waals surface area contributed by atoms with Gasteiger partial charge in [0.25, 0.3) is 5.56 Å². The molecule has 0 amide bonds. The van der Waals surface area contributed by atoms with Crippen LogP contribution in [-0.4, -0.2) is 47.4 Å². The van der Waals surface area contributed by atoms with Crippen LogP contribution in [0.15, 0.2) is 34.3 Å². The van der Waals surface area contributed by atoms with Crippen molar-refractivity contribution in [2.45, 2.75) is 57.0 Å². The predicted molar refractivity (Wildman–Crippen MR) is 138 cm³/mol. The lowest BCUT2D eigenvalue weighted by Crippen LogP contribution is -2.29. The molecule has 36 heavy (non-hydrogen) atoms. The van der Waals surface area contributed by atoms with Gasteiger partial charge < -0.3 is 5.32 Å². The summed E-state index contributed by atoms with van der Waals surface area (Å²) in [5.41, 5.74) is 4.10. The predicted octanol–water partition coefficient (Wildman–Crippen LogP) is 4.40. The molecule has 0 bridgehead atoms. The second-order valence-corrected chi connectivity index (χ2v) is 9.86. The van der Waals surface area contributed by atoms with E-state index >= 15 is 0 Å². The Bertz CT molecular complexity index is 1490. The fourth-order valence-corrected chi connectivity index (χ4v) is 4.53. The molecular weight excluding hydrogens is 479 g/mol. The third-order valence-electron chi connectivity index (χ3n) is 6.30. The molecule has 0 radical (unpaired) electrons. The van der Waals surface area contributed by atoms with Gasteiger partial charge in [0.15, 0.2) is 17.3 Å². The molecule has 0 saturated heterocycles. The number of hydrogen-bond acceptors (Lipinski definition) is 9. The molecule has 1 aliphatic carbocycles. The van der Waals surface area contributed by atoms with E-state index in [1.165, 1.54) is 4.57 Å². The van der Waals surface area contributed by atoms with Crippen molar-refractivity contribution in [2.24, 2.45) is 0 Å². The van der Waals surface area contributed by atoms with Crippen molar-refractivity contribution >= 4 is 28.7 Å². The molecule has 4 aromatic heterocycles. The largest absolute Gasteiger partial charge is 0.360 e. The van der Waals surface area contributed by atoms with Crippen LogP contribution in [-0.2, 0) is 6.54 Å². The summed E-state index contributed by atoms with van der Waals surface area (Å²) in [7, 11) is 0. The number of thioether (sulfide) groups is 1. The third-order valence-corrected chi connectivity index (χ3v) is 7.01. The Morgan fingerprint density at radius 1 is 1.14 bits per heavy atom. The first kappa shape index (κ1) is 24.2. The summed E-state index contributed by atoms with van der Waals surface area (Å²) in [6, 6.07) is 3.13. The molecule has 0 spiro atoms. The molecule has 5 rings (SSSR count). The van der Waals surface area contributed by atoms with E-state index in [1.54, 1.807) is 31.2 Å². The SMILES string of the molecule is CSc1ccc(CNc2nc3c(C)nc(-c4c(C)ncnc4C4CC4)nc3n([C@@H](C)CF)c2=O)nc1. The Morgan fingerprint density at radius 3 is 2.61 bits per heavy atom. The van der Waals surface area contributed by atoms with Gasteiger partial charge in [-0.05, 0) is 52.0 Å². The summed E-state index contributed by atoms with van der Waals surface area (Å²) >= 11 is 1.61. The highest BCUT2D eigenvalue weighted by Crippen LogP contribution is 2.43. The maximum Gasteiger partial charge on any atom is 0.295 e. The average Bonchev–Trinajstić information content (AvgIpc) is 3.73. The fraction of sp³-hybridized carbons (Fsp3) is 0.400. The molecular formula is C25H27FN8OS. The highest BCUT2D eigenvalue weighted by Gasteiger charge is 2.30. The second kappa shape index (κ2) is 9.88. The normalized spacial score (nSPS) is 14.2. The summed E-state index contributed by atoms with van der Waals surface area (Å²) in [6.45, 7) is 4.94. The Kier molecular flexibility index (Phi) is 6.65. The molecule has 9 nitrogen and oxygen atoms in total. The first-order chi connectivity index (χ1) is 17.4. The van der Waals surface area contributed by atoms with Gasteiger partial charge in [0, 0.05) is 17.0 Å². The maximum atomic E-state index is 13.9. The summed E-state index contributed by atoms with van der Waals surface area (Å²) in [5.74, 6) is 0.896. The van der Waals surface area contributed by atoms with Gasteiger partial charge in [-0.15, -0.1) is 11.8 Å². The minimum Gasteiger partial charge on any atom is -0.360 e. The monoisotopic (exact) mass is 506 g/mol. The van der Waals surface area contributed by atoms with Gasteiger partial charge in [-0.2, -0.15) is 0 Å². The minimum absolute atomic E-state index is 0.107. The molecule has 1 atom stereocenters. The van der Waals surface area contributed by atoms with Crippen LogP contribution in [0.4, 0.5) is 10.2 Å². The van der Waals surface area contributed by atoms with E-state index in [1.807, 2.05) is 32.2 Å². The van der Waals surface area contributed by atoms with Crippen LogP contribution in [0.5, 0.6) is 0 Å². The topological polar surface area (TPSA) is 111 Å². The summed E-state index contributed by atoms with van der Waals surface area (Å²) < 4.78 is 15.3. The first-order valence-electron chi connectivity index (χ1n) is 11.8. The van der Waals surface area contributed by atoms with Crippen molar-refractivity contribution in [3.05, 3.63) is 57.8 Å². The Balaban J connectivity index is 1.62. The summed E-state index contributed by atoms with van der Waals surface area (Å²) in [5, 5.41) is 3.08. The first-order valence-corrected chi connectivity index (χ1v) is 13.0. The van der Waals surface area contributed by atoms with E-state index in [9.17, 15) is 9.18 Å². The van der Waals surface area contributed by atoms with Gasteiger partial charge in [0.05, 0.1) is 40.9 Å². The molecule has 0 aliphatic heterocycles. The van der Waals surface area contributed by atoms with Crippen LogP contribution in [0.1, 0.15) is 54.5 Å². The van der Waals surface area contributed by atoms with E-state index < -0.39 is 18.3 Å². The lowest BCUT2D eigenvalue weighted by atomic mass is 10.1. The van der Waals surface area contributed by atoms with Crippen molar-refractivity contribution in [2.75, 3.05) is 18.2 Å². The minimum atomic E-state index is -0.735. The quantitative estimate of drug-likeness (QED) is 0.348. The third kappa shape index (κ3) is 4.55. The van der Waals surface area contributed by atoms with E-state index in [-0.39, 0.29) is 5.82 Å². The molecule has 11 heteroatoms. The van der Waals surface area contributed by atoms with Gasteiger partial charge >= 0.3 is 0 Å². The van der Waals surface area contributed by atoms with Crippen molar-refractivity contribution in [1.29, 1.82) is 0 Å². The molecule has 186 valence electrons. The standard InChI is InChI=1S/C25H27FN8OS/c1-13(9-26)34-24-20(32-23(25(34)35)28-10-17-7-8-18(36-4)11-27-17)15(3)31-22(33-24)19-14(2)29-12-30-21(19)16-5-6-16/h7-8,11-13,16H,5-6,9-10H2,1-4H3,(H,28,32)/t13-/m0/s1. The van der Waals surface area contributed by atoms with Crippen LogP contribution < -0.4 is 10.9 Å². The van der Waals surface area contributed by atoms with Crippen LogP contribution >= 0.6 is 11.8 Å². The zero-order valence-corrected chi connectivity index (χ0v) is 21.4. The van der Waals surface area contributed by atoms with Gasteiger partial charge in [-0.1, -0.05) is 0 Å². The van der Waals surface area contributed by atoms with Crippen molar-refractivity contribution in [3.8, 4) is 11.4 Å². The van der Waals surface area contributed by atoms with Crippen molar-refractivity contribution in [1.82, 2.24) is 34.5 Å². The molecule has 0 aromatic carbocycles. The number of nitrogens with zero attached hydrogens (tertiary/aromatic N) is 7. The van der Waals surface area contributed by atoms with Gasteiger partial charge in [-0.25, -0.2) is 29.3 Å². The van der Waals surface area contributed by atoms with E-state index in [0.29, 0.717) is 35.1 Å². The van der Waals surface area contributed by atoms with Crippen LogP contribution in [0, 0.1) is 13.8 Å². The fourth-order valence-electron chi connectivity index (χ4n) is 4.17. The van der Waals surface area contributed by atoms with Gasteiger partial charge in [0.2, 0.25) is 0 Å². The number of rotatable bonds is 8. The number of aromatic nitrogens is 7. The Hall–Kier alpha value is -3.47. The molecule has 4 aromatic rings. The summed E-state index contributed by atoms with van der Waals surface area (Å²) in [6.07, 6.45) is 7.45. The van der Waals surface area contributed by atoms with Gasteiger partial charge in [0.1, 0.15) is 18.5 Å². The number of aryl methyl sites for hydroxylation is 2.